The standard InChI is InChI=1S/C20H34O2S/c1-4-5-10-13-18-16-17(2)19(23-18)14-11-8-6-7-9-12-15-20(21)22-3/h16H,4-15H2,1-3H3. The number of carbonyl (C=O) groups is 1. The van der Waals surface area contributed by atoms with Gasteiger partial charge < -0.3 is 4.74 Å². The van der Waals surface area contributed by atoms with Gasteiger partial charge in [0.1, 0.15) is 0 Å². The highest BCUT2D eigenvalue weighted by Gasteiger charge is 2.05. The highest BCUT2D eigenvalue weighted by molar-refractivity contribution is 7.12. The first-order chi connectivity index (χ1) is 11.2. The molecule has 0 bridgehead atoms. The van der Waals surface area contributed by atoms with Crippen molar-refractivity contribution in [2.75, 3.05) is 7.11 Å². The Morgan fingerprint density at radius 3 is 2.35 bits per heavy atom. The van der Waals surface area contributed by atoms with E-state index in [1.165, 1.54) is 70.5 Å². The Morgan fingerprint density at radius 1 is 1.00 bits per heavy atom. The molecule has 3 heteroatoms. The quantitative estimate of drug-likeness (QED) is 0.314. The van der Waals surface area contributed by atoms with E-state index in [1.54, 1.807) is 9.75 Å². The summed E-state index contributed by atoms with van der Waals surface area (Å²) in [7, 11) is 1.46. The minimum atomic E-state index is -0.0760. The summed E-state index contributed by atoms with van der Waals surface area (Å²) < 4.78 is 4.65. The van der Waals surface area contributed by atoms with Gasteiger partial charge >= 0.3 is 5.97 Å². The van der Waals surface area contributed by atoms with Gasteiger partial charge in [0.05, 0.1) is 7.11 Å². The van der Waals surface area contributed by atoms with Crippen molar-refractivity contribution < 1.29 is 9.53 Å². The van der Waals surface area contributed by atoms with E-state index in [-0.39, 0.29) is 5.97 Å². The van der Waals surface area contributed by atoms with Crippen LogP contribution in [-0.2, 0) is 22.4 Å². The van der Waals surface area contributed by atoms with Crippen molar-refractivity contribution in [1.82, 2.24) is 0 Å². The Kier molecular flexibility index (Phi) is 11.1. The van der Waals surface area contributed by atoms with Crippen LogP contribution in [-0.4, -0.2) is 13.1 Å². The number of thiophene rings is 1. The normalized spacial score (nSPS) is 10.9. The van der Waals surface area contributed by atoms with Gasteiger partial charge in [-0.2, -0.15) is 0 Å². The van der Waals surface area contributed by atoms with Gasteiger partial charge in [0, 0.05) is 16.2 Å². The maximum absolute atomic E-state index is 11.0. The van der Waals surface area contributed by atoms with E-state index in [0.717, 1.165) is 12.8 Å². The fourth-order valence-corrected chi connectivity index (χ4v) is 4.14. The third-order valence-corrected chi connectivity index (χ3v) is 5.72. The first-order valence-electron chi connectivity index (χ1n) is 9.32. The van der Waals surface area contributed by atoms with Crippen LogP contribution in [0.3, 0.4) is 0 Å². The number of esters is 1. The second-order valence-electron chi connectivity index (χ2n) is 6.47. The number of carbonyl (C=O) groups excluding carboxylic acids is 1. The van der Waals surface area contributed by atoms with Crippen molar-refractivity contribution in [1.29, 1.82) is 0 Å². The molecule has 1 heterocycles. The largest absolute Gasteiger partial charge is 0.469 e. The molecule has 1 aromatic rings. The molecule has 0 aliphatic carbocycles. The lowest BCUT2D eigenvalue weighted by atomic mass is 10.1. The first-order valence-corrected chi connectivity index (χ1v) is 10.1. The molecular formula is C20H34O2S. The molecule has 0 unspecified atom stereocenters. The molecule has 2 nitrogen and oxygen atoms in total. The highest BCUT2D eigenvalue weighted by atomic mass is 32.1. The van der Waals surface area contributed by atoms with Crippen LogP contribution in [0.2, 0.25) is 0 Å². The lowest BCUT2D eigenvalue weighted by molar-refractivity contribution is -0.140. The maximum Gasteiger partial charge on any atom is 0.305 e. The predicted octanol–water partition coefficient (Wildman–Crippen LogP) is 6.24. The number of ether oxygens (including phenoxy) is 1. The molecule has 0 saturated heterocycles. The minimum absolute atomic E-state index is 0.0760. The molecule has 0 fully saturated rings. The van der Waals surface area contributed by atoms with Crippen LogP contribution < -0.4 is 0 Å². The van der Waals surface area contributed by atoms with Crippen molar-refractivity contribution >= 4 is 17.3 Å². The predicted molar refractivity (Wildman–Crippen MR) is 100 cm³/mol. The molecule has 1 rings (SSSR count). The number of hydrogen-bond acceptors (Lipinski definition) is 3. The molecule has 0 amide bonds. The zero-order valence-corrected chi connectivity index (χ0v) is 16.1. The molecular weight excluding hydrogens is 304 g/mol. The molecule has 0 radical (unpaired) electrons. The monoisotopic (exact) mass is 338 g/mol. The summed E-state index contributed by atoms with van der Waals surface area (Å²) in [6.45, 7) is 4.53. The van der Waals surface area contributed by atoms with Crippen LogP contribution in [0.4, 0.5) is 0 Å². The number of rotatable bonds is 13. The summed E-state index contributed by atoms with van der Waals surface area (Å²) in [6.07, 6.45) is 14.3. The van der Waals surface area contributed by atoms with Crippen molar-refractivity contribution in [3.63, 3.8) is 0 Å². The highest BCUT2D eigenvalue weighted by Crippen LogP contribution is 2.25. The van der Waals surface area contributed by atoms with E-state index in [1.807, 2.05) is 11.3 Å². The van der Waals surface area contributed by atoms with Crippen molar-refractivity contribution in [3.8, 4) is 0 Å². The fraction of sp³-hybridized carbons (Fsp3) is 0.750. The number of hydrogen-bond donors (Lipinski definition) is 0. The third-order valence-electron chi connectivity index (χ3n) is 4.36. The van der Waals surface area contributed by atoms with Crippen molar-refractivity contribution in [3.05, 3.63) is 21.4 Å². The van der Waals surface area contributed by atoms with Crippen molar-refractivity contribution in [2.24, 2.45) is 0 Å². The SMILES string of the molecule is CCCCCc1cc(C)c(CCCCCCCCC(=O)OC)s1. The number of methoxy groups -OCH3 is 1. The summed E-state index contributed by atoms with van der Waals surface area (Å²) >= 11 is 2.04. The Morgan fingerprint density at radius 2 is 1.65 bits per heavy atom. The summed E-state index contributed by atoms with van der Waals surface area (Å²) in [6, 6.07) is 2.41. The lowest BCUT2D eigenvalue weighted by Crippen LogP contribution is -1.99. The van der Waals surface area contributed by atoms with Crippen LogP contribution in [0.15, 0.2) is 6.07 Å². The van der Waals surface area contributed by atoms with Crippen LogP contribution in [0.5, 0.6) is 0 Å². The van der Waals surface area contributed by atoms with Gasteiger partial charge in [-0.3, -0.25) is 4.79 Å². The average molecular weight is 339 g/mol. The van der Waals surface area contributed by atoms with Crippen LogP contribution in [0.25, 0.3) is 0 Å². The zero-order valence-electron chi connectivity index (χ0n) is 15.3. The molecule has 0 spiro atoms. The maximum atomic E-state index is 11.0. The summed E-state index contributed by atoms with van der Waals surface area (Å²) in [5.41, 5.74) is 1.50. The average Bonchev–Trinajstić information content (AvgIpc) is 2.90. The molecule has 0 aliphatic rings. The summed E-state index contributed by atoms with van der Waals surface area (Å²) in [5.74, 6) is -0.0760. The van der Waals surface area contributed by atoms with E-state index in [4.69, 9.17) is 0 Å². The van der Waals surface area contributed by atoms with Gasteiger partial charge in [-0.05, 0) is 50.7 Å². The summed E-state index contributed by atoms with van der Waals surface area (Å²) in [5, 5.41) is 0. The molecule has 1 aromatic heterocycles. The van der Waals surface area contributed by atoms with E-state index in [9.17, 15) is 4.79 Å². The first kappa shape index (κ1) is 20.2. The Balaban J connectivity index is 2.08. The van der Waals surface area contributed by atoms with Gasteiger partial charge in [-0.15, -0.1) is 11.3 Å². The smallest absolute Gasteiger partial charge is 0.305 e. The van der Waals surface area contributed by atoms with Crippen LogP contribution in [0.1, 0.15) is 86.4 Å². The van der Waals surface area contributed by atoms with Gasteiger partial charge in [0.15, 0.2) is 0 Å². The van der Waals surface area contributed by atoms with E-state index in [2.05, 4.69) is 24.7 Å². The number of unbranched alkanes of at least 4 members (excludes halogenated alkanes) is 7. The van der Waals surface area contributed by atoms with E-state index in [0.29, 0.717) is 6.42 Å². The fourth-order valence-electron chi connectivity index (χ4n) is 2.87. The van der Waals surface area contributed by atoms with Gasteiger partial charge in [-0.1, -0.05) is 45.4 Å². The molecule has 0 N–H and O–H groups in total. The topological polar surface area (TPSA) is 26.3 Å². The molecule has 0 atom stereocenters. The van der Waals surface area contributed by atoms with Gasteiger partial charge in [-0.25, -0.2) is 0 Å². The minimum Gasteiger partial charge on any atom is -0.469 e. The summed E-state index contributed by atoms with van der Waals surface area (Å²) in [4.78, 5) is 14.2. The number of aryl methyl sites for hydroxylation is 3. The van der Waals surface area contributed by atoms with Crippen LogP contribution in [0, 0.1) is 6.92 Å². The second kappa shape index (κ2) is 12.6. The Labute approximate surface area is 146 Å². The second-order valence-corrected chi connectivity index (χ2v) is 7.69. The zero-order chi connectivity index (χ0) is 16.9. The van der Waals surface area contributed by atoms with Gasteiger partial charge in [0.2, 0.25) is 0 Å². The molecule has 0 aliphatic heterocycles. The Bertz CT molecular complexity index is 437. The van der Waals surface area contributed by atoms with E-state index >= 15 is 0 Å². The van der Waals surface area contributed by atoms with Crippen LogP contribution >= 0.6 is 11.3 Å². The van der Waals surface area contributed by atoms with E-state index < -0.39 is 0 Å². The molecule has 23 heavy (non-hydrogen) atoms. The molecule has 0 saturated carbocycles. The van der Waals surface area contributed by atoms with Crippen molar-refractivity contribution in [2.45, 2.75) is 90.9 Å². The third kappa shape index (κ3) is 9.14. The molecule has 132 valence electrons. The Hall–Kier alpha value is -0.830. The molecule has 0 aromatic carbocycles. The van der Waals surface area contributed by atoms with Gasteiger partial charge in [0.25, 0.3) is 0 Å². The lowest BCUT2D eigenvalue weighted by Gasteiger charge is -2.02.